The number of carbonyl (C=O) groups is 2. The van der Waals surface area contributed by atoms with Crippen LogP contribution in [-0.2, 0) is 23.5 Å². The summed E-state index contributed by atoms with van der Waals surface area (Å²) in [4.78, 5) is 25.5. The lowest BCUT2D eigenvalue weighted by molar-refractivity contribution is -0.245. The van der Waals surface area contributed by atoms with Gasteiger partial charge in [-0.25, -0.2) is 0 Å². The van der Waals surface area contributed by atoms with Gasteiger partial charge < -0.3 is 13.9 Å². The lowest BCUT2D eigenvalue weighted by Crippen LogP contribution is -2.77. The van der Waals surface area contributed by atoms with Gasteiger partial charge in [-0.1, -0.05) is 26.8 Å². The van der Waals surface area contributed by atoms with Crippen LogP contribution in [0.4, 0.5) is 0 Å². The molecule has 2 aliphatic carbocycles. The van der Waals surface area contributed by atoms with Crippen molar-refractivity contribution in [1.29, 1.82) is 0 Å². The number of carbonyl (C=O) groups excluding carboxylic acids is 2. The van der Waals surface area contributed by atoms with E-state index >= 15 is 0 Å². The number of ether oxygens (including phenoxy) is 2. The zero-order valence-electron chi connectivity index (χ0n) is 16.2. The second kappa shape index (κ2) is 5.51. The minimum absolute atomic E-state index is 0.0712. The van der Waals surface area contributed by atoms with Crippen molar-refractivity contribution in [2.24, 2.45) is 16.7 Å². The first-order valence-corrected chi connectivity index (χ1v) is 11.9. The number of methoxy groups -OCH3 is 1. The van der Waals surface area contributed by atoms with Crippen LogP contribution in [0.5, 0.6) is 0 Å². The third kappa shape index (κ3) is 2.26. The van der Waals surface area contributed by atoms with Crippen LogP contribution < -0.4 is 0 Å². The highest BCUT2D eigenvalue weighted by Crippen LogP contribution is 2.67. The zero-order chi connectivity index (χ0) is 18.8. The van der Waals surface area contributed by atoms with Gasteiger partial charge in [0.2, 0.25) is 0 Å². The molecule has 3 fully saturated rings. The lowest BCUT2D eigenvalue weighted by Gasteiger charge is -2.66. The number of Topliss-reactive ketones (excluding diaryl/α,β-unsaturated/α-hetero) is 1. The summed E-state index contributed by atoms with van der Waals surface area (Å²) in [5, 5.41) is 0.0826. The van der Waals surface area contributed by atoms with Crippen LogP contribution >= 0.6 is 0 Å². The maximum atomic E-state index is 13.1. The molecule has 5 nitrogen and oxygen atoms in total. The van der Waals surface area contributed by atoms with Crippen LogP contribution in [-0.4, -0.2) is 46.0 Å². The van der Waals surface area contributed by atoms with E-state index in [2.05, 4.69) is 40.4 Å². The number of esters is 1. The molecular formula is C19H30O5Si. The smallest absolute Gasteiger partial charge is 0.322 e. The standard InChI is InChI=1S/C19H30O5Si/c1-8-18-10-13(24-25(6,7)17(2,3)4)12-9-14(18)19(11-23-12,15(18)20)16(21)22-5/h8,12-14H,1,9-11H2,2-7H3/t12-,13-,14+,18-,19-/m1/s1. The molecule has 2 bridgehead atoms. The summed E-state index contributed by atoms with van der Waals surface area (Å²) in [5.41, 5.74) is -1.82. The fourth-order valence-electron chi connectivity index (χ4n) is 4.64. The molecule has 2 saturated carbocycles. The first-order chi connectivity index (χ1) is 11.5. The normalized spacial score (nSPS) is 40.2. The number of ketones is 1. The highest BCUT2D eigenvalue weighted by atomic mass is 28.4. The zero-order valence-corrected chi connectivity index (χ0v) is 17.2. The van der Waals surface area contributed by atoms with Crippen molar-refractivity contribution in [2.75, 3.05) is 13.7 Å². The molecule has 0 aromatic heterocycles. The van der Waals surface area contributed by atoms with E-state index in [-0.39, 0.29) is 35.6 Å². The molecule has 3 aliphatic rings. The van der Waals surface area contributed by atoms with Gasteiger partial charge in [-0.2, -0.15) is 0 Å². The van der Waals surface area contributed by atoms with E-state index in [0.717, 1.165) is 0 Å². The summed E-state index contributed by atoms with van der Waals surface area (Å²) in [5.74, 6) is -0.661. The number of allylic oxidation sites excluding steroid dienone is 1. The summed E-state index contributed by atoms with van der Waals surface area (Å²) >= 11 is 0. The number of fused-ring (bicyclic) bond motifs is 1. The summed E-state index contributed by atoms with van der Waals surface area (Å²) in [6, 6.07) is 0. The molecule has 5 atom stereocenters. The molecule has 0 spiro atoms. The Kier molecular flexibility index (Phi) is 4.14. The van der Waals surface area contributed by atoms with E-state index in [1.807, 2.05) is 0 Å². The van der Waals surface area contributed by atoms with Crippen LogP contribution in [0.15, 0.2) is 12.7 Å². The SMILES string of the molecule is C=C[C@@]12C[C@@H](O[Si](C)(C)C(C)(C)C)[C@H]3C[C@@H]1[C@](C(=O)OC)(CO3)C2=O. The van der Waals surface area contributed by atoms with Gasteiger partial charge in [0.15, 0.2) is 19.5 Å². The van der Waals surface area contributed by atoms with Crippen LogP contribution in [0.25, 0.3) is 0 Å². The molecule has 6 heteroatoms. The summed E-state index contributed by atoms with van der Waals surface area (Å²) in [6.07, 6.45) is 2.74. The van der Waals surface area contributed by atoms with Crippen LogP contribution in [0.1, 0.15) is 33.6 Å². The quantitative estimate of drug-likeness (QED) is 0.331. The number of hydrogen-bond donors (Lipinski definition) is 0. The average molecular weight is 367 g/mol. The van der Waals surface area contributed by atoms with E-state index in [1.54, 1.807) is 6.08 Å². The highest BCUT2D eigenvalue weighted by molar-refractivity contribution is 6.74. The van der Waals surface area contributed by atoms with Crippen LogP contribution in [0.3, 0.4) is 0 Å². The molecule has 1 saturated heterocycles. The largest absolute Gasteiger partial charge is 0.468 e. The molecule has 140 valence electrons. The molecule has 1 heterocycles. The van der Waals surface area contributed by atoms with Crippen LogP contribution in [0, 0.1) is 16.7 Å². The van der Waals surface area contributed by atoms with Crippen molar-refractivity contribution < 1.29 is 23.5 Å². The van der Waals surface area contributed by atoms with E-state index < -0.39 is 25.1 Å². The van der Waals surface area contributed by atoms with Crippen molar-refractivity contribution in [3.8, 4) is 0 Å². The van der Waals surface area contributed by atoms with Crippen molar-refractivity contribution in [3.05, 3.63) is 12.7 Å². The van der Waals surface area contributed by atoms with Gasteiger partial charge >= 0.3 is 5.97 Å². The maximum Gasteiger partial charge on any atom is 0.322 e. The molecular weight excluding hydrogens is 336 g/mol. The number of hydrogen-bond acceptors (Lipinski definition) is 5. The van der Waals surface area contributed by atoms with E-state index in [4.69, 9.17) is 13.9 Å². The van der Waals surface area contributed by atoms with Crippen molar-refractivity contribution in [3.63, 3.8) is 0 Å². The molecule has 3 rings (SSSR count). The molecule has 0 unspecified atom stereocenters. The number of rotatable bonds is 4. The maximum absolute atomic E-state index is 13.1. The van der Waals surface area contributed by atoms with Crippen molar-refractivity contribution >= 4 is 20.1 Å². The molecule has 1 aliphatic heterocycles. The third-order valence-electron chi connectivity index (χ3n) is 7.16. The topological polar surface area (TPSA) is 61.8 Å². The fourth-order valence-corrected chi connectivity index (χ4v) is 5.98. The fraction of sp³-hybridized carbons (Fsp3) is 0.789. The Morgan fingerprint density at radius 2 is 2.04 bits per heavy atom. The Morgan fingerprint density at radius 1 is 1.40 bits per heavy atom. The molecule has 0 aromatic carbocycles. The van der Waals surface area contributed by atoms with Gasteiger partial charge in [0.1, 0.15) is 0 Å². The Labute approximate surface area is 151 Å². The molecule has 0 radical (unpaired) electrons. The Balaban J connectivity index is 1.91. The minimum atomic E-state index is -1.99. The third-order valence-corrected chi connectivity index (χ3v) is 11.7. The molecule has 0 N–H and O–H groups in total. The Hall–Kier alpha value is -0.983. The summed E-state index contributed by atoms with van der Waals surface area (Å²) in [7, 11) is -0.663. The molecule has 0 aromatic rings. The molecule has 0 amide bonds. The predicted octanol–water partition coefficient (Wildman–Crippen LogP) is 3.10. The van der Waals surface area contributed by atoms with Crippen LogP contribution in [0.2, 0.25) is 18.1 Å². The second-order valence-electron chi connectivity index (χ2n) is 9.30. The van der Waals surface area contributed by atoms with Gasteiger partial charge in [0.25, 0.3) is 0 Å². The van der Waals surface area contributed by atoms with Gasteiger partial charge in [0, 0.05) is 5.92 Å². The predicted molar refractivity (Wildman–Crippen MR) is 96.6 cm³/mol. The monoisotopic (exact) mass is 366 g/mol. The minimum Gasteiger partial charge on any atom is -0.468 e. The first kappa shape index (κ1) is 18.8. The second-order valence-corrected chi connectivity index (χ2v) is 14.1. The van der Waals surface area contributed by atoms with Gasteiger partial charge in [-0.05, 0) is 31.0 Å². The van der Waals surface area contributed by atoms with E-state index in [0.29, 0.717) is 12.8 Å². The summed E-state index contributed by atoms with van der Waals surface area (Å²) < 4.78 is 17.5. The van der Waals surface area contributed by atoms with Gasteiger partial charge in [-0.15, -0.1) is 6.58 Å². The Morgan fingerprint density at radius 3 is 2.56 bits per heavy atom. The lowest BCUT2D eigenvalue weighted by atomic mass is 9.39. The average Bonchev–Trinajstić information content (AvgIpc) is 2.54. The summed E-state index contributed by atoms with van der Waals surface area (Å²) in [6.45, 7) is 15.1. The van der Waals surface area contributed by atoms with Gasteiger partial charge in [-0.3, -0.25) is 9.59 Å². The van der Waals surface area contributed by atoms with Gasteiger partial charge in [0.05, 0.1) is 31.3 Å². The van der Waals surface area contributed by atoms with Crippen molar-refractivity contribution in [1.82, 2.24) is 0 Å². The highest BCUT2D eigenvalue weighted by Gasteiger charge is 2.78. The Bertz CT molecular complexity index is 622. The van der Waals surface area contributed by atoms with E-state index in [9.17, 15) is 9.59 Å². The van der Waals surface area contributed by atoms with Crippen molar-refractivity contribution in [2.45, 2.75) is 64.0 Å². The van der Waals surface area contributed by atoms with E-state index in [1.165, 1.54) is 7.11 Å². The first-order valence-electron chi connectivity index (χ1n) is 9.02. The molecule has 25 heavy (non-hydrogen) atoms.